The number of amides is 1. The number of pyridine rings is 1. The normalized spacial score (nSPS) is 10.2. The molecule has 0 unspecified atom stereocenters. The molecule has 0 fully saturated rings. The summed E-state index contributed by atoms with van der Waals surface area (Å²) in [6.45, 7) is 0. The van der Waals surface area contributed by atoms with Crippen molar-refractivity contribution in [3.05, 3.63) is 57.2 Å². The maximum Gasteiger partial charge on any atom is 0.259 e. The summed E-state index contributed by atoms with van der Waals surface area (Å²) in [6, 6.07) is 8.12. The number of carbonyl (C=O) groups is 1. The lowest BCUT2D eigenvalue weighted by atomic mass is 10.2. The summed E-state index contributed by atoms with van der Waals surface area (Å²) < 4.78 is 0. The second kappa shape index (κ2) is 5.57. The predicted octanol–water partition coefficient (Wildman–Crippen LogP) is 4.29. The third-order valence-electron chi connectivity index (χ3n) is 2.18. The summed E-state index contributed by atoms with van der Waals surface area (Å²) >= 11 is 17.8. The summed E-state index contributed by atoms with van der Waals surface area (Å²) in [7, 11) is 0. The van der Waals surface area contributed by atoms with E-state index >= 15 is 0 Å². The van der Waals surface area contributed by atoms with Crippen LogP contribution >= 0.6 is 34.8 Å². The molecule has 2 aromatic rings. The number of hydrogen-bond donors (Lipinski definition) is 1. The van der Waals surface area contributed by atoms with E-state index in [0.29, 0.717) is 5.02 Å². The predicted molar refractivity (Wildman–Crippen MR) is 73.7 cm³/mol. The fourth-order valence-electron chi connectivity index (χ4n) is 1.36. The molecule has 1 aromatic carbocycles. The van der Waals surface area contributed by atoms with Crippen LogP contribution in [0.4, 0.5) is 5.82 Å². The molecule has 92 valence electrons. The monoisotopic (exact) mass is 300 g/mol. The number of nitrogens with zero attached hydrogens (tertiary/aromatic N) is 1. The van der Waals surface area contributed by atoms with Gasteiger partial charge in [0.05, 0.1) is 20.6 Å². The minimum Gasteiger partial charge on any atom is -0.305 e. The maximum absolute atomic E-state index is 12.0. The van der Waals surface area contributed by atoms with Crippen molar-refractivity contribution in [3.63, 3.8) is 0 Å². The van der Waals surface area contributed by atoms with E-state index < -0.39 is 5.91 Å². The lowest BCUT2D eigenvalue weighted by Gasteiger charge is -2.08. The van der Waals surface area contributed by atoms with Crippen LogP contribution in [-0.4, -0.2) is 10.9 Å². The molecule has 1 N–H and O–H groups in total. The molecule has 0 saturated carbocycles. The molecule has 0 aliphatic carbocycles. The van der Waals surface area contributed by atoms with Gasteiger partial charge in [-0.25, -0.2) is 4.98 Å². The topological polar surface area (TPSA) is 42.0 Å². The van der Waals surface area contributed by atoms with E-state index in [0.717, 1.165) is 0 Å². The van der Waals surface area contributed by atoms with Gasteiger partial charge in [0.15, 0.2) is 5.82 Å². The maximum atomic E-state index is 12.0. The van der Waals surface area contributed by atoms with Gasteiger partial charge in [0.2, 0.25) is 0 Å². The molecule has 0 spiro atoms. The molecule has 0 aliphatic rings. The summed E-state index contributed by atoms with van der Waals surface area (Å²) in [6.07, 6.45) is 1.52. The Morgan fingerprint density at radius 3 is 2.22 bits per heavy atom. The van der Waals surface area contributed by atoms with E-state index in [9.17, 15) is 4.79 Å². The Morgan fingerprint density at radius 1 is 1.00 bits per heavy atom. The average molecular weight is 302 g/mol. The largest absolute Gasteiger partial charge is 0.305 e. The standard InChI is InChI=1S/C12H7Cl3N2O/c13-7-3-1-4-8(14)10(7)12(18)17-11-9(15)5-2-6-16-11/h1-6H,(H,16,17,18). The van der Waals surface area contributed by atoms with Crippen molar-refractivity contribution in [1.82, 2.24) is 4.98 Å². The van der Waals surface area contributed by atoms with Crippen molar-refractivity contribution in [3.8, 4) is 0 Å². The minimum absolute atomic E-state index is 0.197. The van der Waals surface area contributed by atoms with Crippen molar-refractivity contribution in [2.24, 2.45) is 0 Å². The highest BCUT2D eigenvalue weighted by atomic mass is 35.5. The molecule has 2 rings (SSSR count). The van der Waals surface area contributed by atoms with Crippen LogP contribution in [0.2, 0.25) is 15.1 Å². The third-order valence-corrected chi connectivity index (χ3v) is 3.12. The molecule has 3 nitrogen and oxygen atoms in total. The number of halogens is 3. The Bertz CT molecular complexity index is 581. The fourth-order valence-corrected chi connectivity index (χ4v) is 2.10. The zero-order chi connectivity index (χ0) is 13.1. The van der Waals surface area contributed by atoms with Gasteiger partial charge in [0, 0.05) is 6.20 Å². The van der Waals surface area contributed by atoms with E-state index in [1.807, 2.05) is 0 Å². The Morgan fingerprint density at radius 2 is 1.61 bits per heavy atom. The number of hydrogen-bond acceptors (Lipinski definition) is 2. The highest BCUT2D eigenvalue weighted by Gasteiger charge is 2.15. The highest BCUT2D eigenvalue weighted by Crippen LogP contribution is 2.26. The zero-order valence-corrected chi connectivity index (χ0v) is 11.2. The second-order valence-corrected chi connectivity index (χ2v) is 4.61. The van der Waals surface area contributed by atoms with E-state index in [4.69, 9.17) is 34.8 Å². The number of rotatable bonds is 2. The smallest absolute Gasteiger partial charge is 0.259 e. The van der Waals surface area contributed by atoms with Gasteiger partial charge in [0.1, 0.15) is 0 Å². The van der Waals surface area contributed by atoms with Gasteiger partial charge < -0.3 is 5.32 Å². The molecular weight excluding hydrogens is 295 g/mol. The molecule has 1 heterocycles. The molecule has 1 aromatic heterocycles. The first-order valence-electron chi connectivity index (χ1n) is 4.95. The Balaban J connectivity index is 2.31. The van der Waals surface area contributed by atoms with Crippen LogP contribution < -0.4 is 5.32 Å². The first kappa shape index (κ1) is 13.1. The van der Waals surface area contributed by atoms with E-state index in [-0.39, 0.29) is 21.4 Å². The quantitative estimate of drug-likeness (QED) is 0.899. The summed E-state index contributed by atoms with van der Waals surface area (Å²) in [5.74, 6) is -0.189. The third kappa shape index (κ3) is 2.75. The van der Waals surface area contributed by atoms with Crippen LogP contribution in [0.1, 0.15) is 10.4 Å². The number of aromatic nitrogens is 1. The molecule has 0 atom stereocenters. The van der Waals surface area contributed by atoms with Gasteiger partial charge in [-0.05, 0) is 24.3 Å². The van der Waals surface area contributed by atoms with Crippen molar-refractivity contribution >= 4 is 46.5 Å². The number of anilines is 1. The van der Waals surface area contributed by atoms with Crippen molar-refractivity contribution < 1.29 is 4.79 Å². The summed E-state index contributed by atoms with van der Waals surface area (Å²) in [4.78, 5) is 16.0. The lowest BCUT2D eigenvalue weighted by Crippen LogP contribution is -2.14. The molecule has 0 radical (unpaired) electrons. The van der Waals surface area contributed by atoms with Gasteiger partial charge in [-0.1, -0.05) is 40.9 Å². The second-order valence-electron chi connectivity index (χ2n) is 3.38. The number of carbonyl (C=O) groups excluding carboxylic acids is 1. The summed E-state index contributed by atoms with van der Waals surface area (Å²) in [5, 5.41) is 3.44. The molecule has 0 bridgehead atoms. The first-order valence-corrected chi connectivity index (χ1v) is 6.09. The van der Waals surface area contributed by atoms with Gasteiger partial charge in [0.25, 0.3) is 5.91 Å². The molecular formula is C12H7Cl3N2O. The highest BCUT2D eigenvalue weighted by molar-refractivity contribution is 6.40. The van der Waals surface area contributed by atoms with Crippen LogP contribution in [-0.2, 0) is 0 Å². The molecule has 1 amide bonds. The Kier molecular flexibility index (Phi) is 4.07. The molecule has 6 heteroatoms. The molecule has 0 aliphatic heterocycles. The fraction of sp³-hybridized carbons (Fsp3) is 0. The van der Waals surface area contributed by atoms with E-state index in [1.54, 1.807) is 30.3 Å². The van der Waals surface area contributed by atoms with Crippen LogP contribution in [0.3, 0.4) is 0 Å². The van der Waals surface area contributed by atoms with Crippen molar-refractivity contribution in [2.75, 3.05) is 5.32 Å². The molecule has 0 saturated heterocycles. The average Bonchev–Trinajstić information content (AvgIpc) is 2.32. The lowest BCUT2D eigenvalue weighted by molar-refractivity contribution is 0.102. The van der Waals surface area contributed by atoms with Crippen LogP contribution in [0.15, 0.2) is 36.5 Å². The van der Waals surface area contributed by atoms with Gasteiger partial charge >= 0.3 is 0 Å². The Labute approximate surface area is 119 Å². The van der Waals surface area contributed by atoms with Crippen molar-refractivity contribution in [2.45, 2.75) is 0 Å². The minimum atomic E-state index is -0.453. The van der Waals surface area contributed by atoms with Gasteiger partial charge in [-0.15, -0.1) is 0 Å². The van der Waals surface area contributed by atoms with Gasteiger partial charge in [-0.2, -0.15) is 0 Å². The van der Waals surface area contributed by atoms with Crippen LogP contribution in [0.5, 0.6) is 0 Å². The summed E-state index contributed by atoms with van der Waals surface area (Å²) in [5.41, 5.74) is 0.197. The van der Waals surface area contributed by atoms with Crippen molar-refractivity contribution in [1.29, 1.82) is 0 Å². The zero-order valence-electron chi connectivity index (χ0n) is 8.95. The number of nitrogens with one attached hydrogen (secondary N) is 1. The van der Waals surface area contributed by atoms with Crippen LogP contribution in [0.25, 0.3) is 0 Å². The SMILES string of the molecule is O=C(Nc1ncccc1Cl)c1c(Cl)cccc1Cl. The first-order chi connectivity index (χ1) is 8.59. The molecule has 18 heavy (non-hydrogen) atoms. The van der Waals surface area contributed by atoms with E-state index in [2.05, 4.69) is 10.3 Å². The van der Waals surface area contributed by atoms with Crippen LogP contribution in [0, 0.1) is 0 Å². The van der Waals surface area contributed by atoms with E-state index in [1.165, 1.54) is 6.20 Å². The van der Waals surface area contributed by atoms with Gasteiger partial charge in [-0.3, -0.25) is 4.79 Å². The number of benzene rings is 1. The Hall–Kier alpha value is -1.29.